The third kappa shape index (κ3) is 2.39. The van der Waals surface area contributed by atoms with Crippen LogP contribution in [-0.4, -0.2) is 29.2 Å². The topological polar surface area (TPSA) is 75.6 Å². The van der Waals surface area contributed by atoms with E-state index in [2.05, 4.69) is 5.32 Å². The minimum atomic E-state index is -0.937. The van der Waals surface area contributed by atoms with Crippen molar-refractivity contribution < 1.29 is 19.4 Å². The van der Waals surface area contributed by atoms with Gasteiger partial charge in [-0.25, -0.2) is 0 Å². The zero-order valence-electron chi connectivity index (χ0n) is 12.8. The first kappa shape index (κ1) is 15.0. The first-order valence-corrected chi connectivity index (χ1v) is 7.80. The van der Waals surface area contributed by atoms with Gasteiger partial charge in [-0.1, -0.05) is 25.1 Å². The number of carbonyl (C=O) groups is 2. The van der Waals surface area contributed by atoms with Crippen molar-refractivity contribution in [3.05, 3.63) is 29.3 Å². The molecule has 2 aliphatic heterocycles. The van der Waals surface area contributed by atoms with Crippen molar-refractivity contribution >= 4 is 17.6 Å². The maximum Gasteiger partial charge on any atom is 0.310 e. The van der Waals surface area contributed by atoms with Crippen LogP contribution in [-0.2, 0) is 20.7 Å². The summed E-state index contributed by atoms with van der Waals surface area (Å²) in [7, 11) is 0. The summed E-state index contributed by atoms with van der Waals surface area (Å²) < 4.78 is 5.66. The molecule has 0 spiro atoms. The molecule has 0 radical (unpaired) electrons. The number of carboxylic acids is 1. The van der Waals surface area contributed by atoms with Gasteiger partial charge in [-0.15, -0.1) is 0 Å². The molecule has 0 aromatic heterocycles. The Hall–Kier alpha value is -1.88. The average Bonchev–Trinajstić information content (AvgIpc) is 3.09. The van der Waals surface area contributed by atoms with Crippen molar-refractivity contribution in [3.8, 4) is 0 Å². The Bertz CT molecular complexity index is 613. The van der Waals surface area contributed by atoms with Crippen molar-refractivity contribution in [1.82, 2.24) is 0 Å². The molecule has 1 amide bonds. The van der Waals surface area contributed by atoms with Crippen molar-refractivity contribution in [2.45, 2.75) is 45.3 Å². The van der Waals surface area contributed by atoms with E-state index in [1.807, 2.05) is 32.0 Å². The number of carbonyl (C=O) groups excluding carboxylic acids is 1. The summed E-state index contributed by atoms with van der Waals surface area (Å²) in [6.07, 6.45) is 1.73. The summed E-state index contributed by atoms with van der Waals surface area (Å²) >= 11 is 0. The van der Waals surface area contributed by atoms with E-state index in [1.54, 1.807) is 0 Å². The maximum atomic E-state index is 12.7. The van der Waals surface area contributed by atoms with Gasteiger partial charge in [0.15, 0.2) is 0 Å². The highest BCUT2D eigenvalue weighted by Gasteiger charge is 2.55. The van der Waals surface area contributed by atoms with Crippen LogP contribution in [0.1, 0.15) is 30.9 Å². The molecule has 22 heavy (non-hydrogen) atoms. The van der Waals surface area contributed by atoms with E-state index in [4.69, 9.17) is 4.74 Å². The maximum absolute atomic E-state index is 12.7. The summed E-state index contributed by atoms with van der Waals surface area (Å²) in [6.45, 7) is 3.98. The summed E-state index contributed by atoms with van der Waals surface area (Å²) in [4.78, 5) is 24.2. The highest BCUT2D eigenvalue weighted by atomic mass is 16.5. The van der Waals surface area contributed by atoms with Gasteiger partial charge < -0.3 is 15.2 Å². The first-order chi connectivity index (χ1) is 10.5. The molecular weight excluding hydrogens is 282 g/mol. The smallest absolute Gasteiger partial charge is 0.310 e. The molecule has 0 aliphatic carbocycles. The van der Waals surface area contributed by atoms with Crippen molar-refractivity contribution in [2.24, 2.45) is 11.8 Å². The van der Waals surface area contributed by atoms with Gasteiger partial charge in [0, 0.05) is 5.69 Å². The van der Waals surface area contributed by atoms with Gasteiger partial charge >= 0.3 is 5.97 Å². The molecule has 2 aliphatic rings. The molecule has 4 atom stereocenters. The van der Waals surface area contributed by atoms with Crippen LogP contribution in [0, 0.1) is 18.8 Å². The number of aliphatic carboxylic acids is 1. The molecule has 0 unspecified atom stereocenters. The number of ether oxygens (including phenoxy) is 1. The molecule has 2 fully saturated rings. The van der Waals surface area contributed by atoms with Crippen LogP contribution in [0.5, 0.6) is 0 Å². The Morgan fingerprint density at radius 2 is 1.95 bits per heavy atom. The standard InChI is InChI=1S/C17H21NO4/c1-3-10-6-4-5-9(2)15(10)18-16(19)13-11-7-8-12(22-11)14(13)17(20)21/h4-6,11-14H,3,7-8H2,1-2H3,(H,18,19)(H,20,21)/t11-,12-,13+,14-/m0/s1. The zero-order valence-corrected chi connectivity index (χ0v) is 12.8. The summed E-state index contributed by atoms with van der Waals surface area (Å²) in [5, 5.41) is 12.4. The molecule has 5 nitrogen and oxygen atoms in total. The lowest BCUT2D eigenvalue weighted by Gasteiger charge is -2.24. The second-order valence-corrected chi connectivity index (χ2v) is 6.13. The number of carboxylic acid groups (broad SMARTS) is 1. The van der Waals surface area contributed by atoms with Gasteiger partial charge in [0.25, 0.3) is 0 Å². The third-order valence-corrected chi connectivity index (χ3v) is 4.85. The summed E-state index contributed by atoms with van der Waals surface area (Å²) in [5.74, 6) is -2.50. The molecule has 118 valence electrons. The molecule has 2 N–H and O–H groups in total. The van der Waals surface area contributed by atoms with Crippen molar-refractivity contribution in [3.63, 3.8) is 0 Å². The molecule has 1 aromatic carbocycles. The van der Waals surface area contributed by atoms with Gasteiger partial charge in [0.1, 0.15) is 0 Å². The quantitative estimate of drug-likeness (QED) is 0.895. The van der Waals surface area contributed by atoms with Gasteiger partial charge in [0.05, 0.1) is 24.0 Å². The van der Waals surface area contributed by atoms with E-state index in [9.17, 15) is 14.7 Å². The lowest BCUT2D eigenvalue weighted by Crippen LogP contribution is -2.41. The number of rotatable bonds is 4. The Kier molecular flexibility index (Phi) is 3.91. The normalized spacial score (nSPS) is 29.5. The van der Waals surface area contributed by atoms with E-state index >= 15 is 0 Å². The highest BCUT2D eigenvalue weighted by Crippen LogP contribution is 2.44. The van der Waals surface area contributed by atoms with Crippen molar-refractivity contribution in [1.29, 1.82) is 0 Å². The minimum absolute atomic E-state index is 0.233. The summed E-state index contributed by atoms with van der Waals surface area (Å²) in [5.41, 5.74) is 2.86. The average molecular weight is 303 g/mol. The van der Waals surface area contributed by atoms with E-state index in [0.717, 1.165) is 36.1 Å². The van der Waals surface area contributed by atoms with Gasteiger partial charge in [-0.2, -0.15) is 0 Å². The fourth-order valence-electron chi connectivity index (χ4n) is 3.73. The van der Waals surface area contributed by atoms with E-state index in [1.165, 1.54) is 0 Å². The number of anilines is 1. The molecule has 0 saturated carbocycles. The van der Waals surface area contributed by atoms with Crippen LogP contribution in [0.25, 0.3) is 0 Å². The molecular formula is C17H21NO4. The van der Waals surface area contributed by atoms with Crippen LogP contribution < -0.4 is 5.32 Å². The van der Waals surface area contributed by atoms with Gasteiger partial charge in [-0.3, -0.25) is 9.59 Å². The lowest BCUT2D eigenvalue weighted by molar-refractivity contribution is -0.147. The number of nitrogens with one attached hydrogen (secondary N) is 1. The number of hydrogen-bond acceptors (Lipinski definition) is 3. The van der Waals surface area contributed by atoms with Crippen molar-refractivity contribution in [2.75, 3.05) is 5.32 Å². The second-order valence-electron chi connectivity index (χ2n) is 6.13. The minimum Gasteiger partial charge on any atom is -0.481 e. The zero-order chi connectivity index (χ0) is 15.9. The highest BCUT2D eigenvalue weighted by molar-refractivity contribution is 5.97. The SMILES string of the molecule is CCc1cccc(C)c1NC(=O)[C@H]1[C@@H](C(=O)O)[C@@H]2CC[C@@H]1O2. The fraction of sp³-hybridized carbons (Fsp3) is 0.529. The molecule has 1 aromatic rings. The Morgan fingerprint density at radius 1 is 1.27 bits per heavy atom. The predicted molar refractivity (Wildman–Crippen MR) is 81.7 cm³/mol. The number of aryl methyl sites for hydroxylation is 2. The van der Waals surface area contributed by atoms with Crippen LogP contribution in [0.3, 0.4) is 0 Å². The largest absolute Gasteiger partial charge is 0.481 e. The predicted octanol–water partition coefficient (Wildman–Crippen LogP) is 2.37. The van der Waals surface area contributed by atoms with Crippen LogP contribution in [0.2, 0.25) is 0 Å². The third-order valence-electron chi connectivity index (χ3n) is 4.85. The lowest BCUT2D eigenvalue weighted by atomic mass is 9.78. The van der Waals surface area contributed by atoms with E-state index < -0.39 is 17.8 Å². The Balaban J connectivity index is 1.84. The number of hydrogen-bond donors (Lipinski definition) is 2. The fourth-order valence-corrected chi connectivity index (χ4v) is 3.73. The van der Waals surface area contributed by atoms with Gasteiger partial charge in [0.2, 0.25) is 5.91 Å². The molecule has 5 heteroatoms. The van der Waals surface area contributed by atoms with E-state index in [0.29, 0.717) is 0 Å². The number of fused-ring (bicyclic) bond motifs is 2. The van der Waals surface area contributed by atoms with Crippen LogP contribution in [0.15, 0.2) is 18.2 Å². The Labute approximate surface area is 129 Å². The van der Waals surface area contributed by atoms with Gasteiger partial charge in [-0.05, 0) is 37.3 Å². The van der Waals surface area contributed by atoms with E-state index in [-0.39, 0.29) is 18.1 Å². The molecule has 2 bridgehead atoms. The number of para-hydroxylation sites is 1. The molecule has 3 rings (SSSR count). The first-order valence-electron chi connectivity index (χ1n) is 7.80. The Morgan fingerprint density at radius 3 is 2.59 bits per heavy atom. The second kappa shape index (κ2) is 5.72. The number of benzene rings is 1. The summed E-state index contributed by atoms with van der Waals surface area (Å²) in [6, 6.07) is 5.89. The monoisotopic (exact) mass is 303 g/mol. The molecule has 2 heterocycles. The number of amides is 1. The molecule has 2 saturated heterocycles. The van der Waals surface area contributed by atoms with Crippen LogP contribution >= 0.6 is 0 Å². The van der Waals surface area contributed by atoms with Crippen LogP contribution in [0.4, 0.5) is 5.69 Å².